The van der Waals surface area contributed by atoms with E-state index in [4.69, 9.17) is 22.1 Å². The van der Waals surface area contributed by atoms with E-state index in [2.05, 4.69) is 66.5 Å². The molecular formula is C40H32Br2ClF2N9O6. The highest BCUT2D eigenvalue weighted by atomic mass is 79.9. The molecule has 0 aliphatic carbocycles. The van der Waals surface area contributed by atoms with Crippen LogP contribution in [0.15, 0.2) is 107 Å². The number of nitro benzene ring substituents is 2. The van der Waals surface area contributed by atoms with Gasteiger partial charge in [-0.15, -0.1) is 0 Å². The van der Waals surface area contributed by atoms with Gasteiger partial charge in [0.1, 0.15) is 17.3 Å². The Kier molecular flexibility index (Phi) is 14.4. The zero-order valence-electron chi connectivity index (χ0n) is 30.5. The third-order valence-electron chi connectivity index (χ3n) is 8.59. The van der Waals surface area contributed by atoms with Crippen molar-refractivity contribution in [2.45, 2.75) is 13.8 Å². The predicted molar refractivity (Wildman–Crippen MR) is 232 cm³/mol. The Hall–Kier alpha value is -6.57. The third kappa shape index (κ3) is 9.82. The number of hydrogen-bond donors (Lipinski definition) is 3. The smallest absolute Gasteiger partial charge is 0.307 e. The minimum Gasteiger partial charge on any atom is -0.496 e. The Morgan fingerprint density at radius 3 is 1.77 bits per heavy atom. The van der Waals surface area contributed by atoms with Crippen molar-refractivity contribution in [1.29, 1.82) is 0 Å². The van der Waals surface area contributed by atoms with Gasteiger partial charge >= 0.3 is 11.4 Å². The van der Waals surface area contributed by atoms with Crippen LogP contribution in [-0.4, -0.2) is 54.0 Å². The average Bonchev–Trinajstić information content (AvgIpc) is 3.86. The SMILES string of the molecule is C.COc1cc(F)c([N+](=O)[O-])cc1Cc1ncc(Br)c(-c2c[nH]c3ccccc23)n1.COc1cc(F)c([N+](=O)[O-])cc1N.Clc1ncc(Br)c(-c2c[nH]c3ccccc23)n1. The second-order valence-electron chi connectivity index (χ2n) is 12.2. The average molecular weight is 968 g/mol. The van der Waals surface area contributed by atoms with Gasteiger partial charge in [-0.1, -0.05) is 43.8 Å². The lowest BCUT2D eigenvalue weighted by molar-refractivity contribution is -0.387. The van der Waals surface area contributed by atoms with Crippen molar-refractivity contribution < 1.29 is 28.1 Å². The van der Waals surface area contributed by atoms with E-state index in [9.17, 15) is 29.0 Å². The number of nitrogens with one attached hydrogen (secondary N) is 2. The summed E-state index contributed by atoms with van der Waals surface area (Å²) in [6, 6.07) is 19.9. The van der Waals surface area contributed by atoms with Crippen LogP contribution in [0.5, 0.6) is 11.5 Å². The van der Waals surface area contributed by atoms with Crippen LogP contribution in [0.1, 0.15) is 18.8 Å². The van der Waals surface area contributed by atoms with Crippen molar-refractivity contribution in [1.82, 2.24) is 29.9 Å². The molecule has 308 valence electrons. The zero-order chi connectivity index (χ0) is 42.4. The highest BCUT2D eigenvalue weighted by Gasteiger charge is 2.21. The van der Waals surface area contributed by atoms with Crippen LogP contribution >= 0.6 is 43.5 Å². The molecule has 4 heterocycles. The van der Waals surface area contributed by atoms with E-state index in [0.717, 1.165) is 67.4 Å². The standard InChI is InChI=1S/C20H14BrFN4O3.C12H7BrClN3.C7H7FN2O3.CH4/c1-29-18-8-15(22)17(26(27)28)6-11(18)7-19-24-10-14(21)20(25-19)13-9-23-16-5-3-2-4-12(13)16;13-9-6-16-12(14)17-11(9)8-5-15-10-4-2-1-3-7(8)10;1-13-7-2-4(8)6(10(11)12)3-5(7)9;/h2-6,8-10,23H,7H2,1H3;1-6,15H;2-3H,9H2,1H3;1H4. The molecule has 0 bridgehead atoms. The highest BCUT2D eigenvalue weighted by Crippen LogP contribution is 2.35. The van der Waals surface area contributed by atoms with Crippen molar-refractivity contribution in [2.75, 3.05) is 20.0 Å². The summed E-state index contributed by atoms with van der Waals surface area (Å²) >= 11 is 12.8. The molecule has 15 nitrogen and oxygen atoms in total. The fourth-order valence-corrected chi connectivity index (χ4v) is 6.79. The maximum atomic E-state index is 13.9. The van der Waals surface area contributed by atoms with E-state index >= 15 is 0 Å². The second kappa shape index (κ2) is 19.5. The summed E-state index contributed by atoms with van der Waals surface area (Å²) in [6.45, 7) is 0. The summed E-state index contributed by atoms with van der Waals surface area (Å²) in [5, 5.41) is 23.7. The maximum Gasteiger partial charge on any atom is 0.307 e. The quantitative estimate of drug-likeness (QED) is 0.0564. The fourth-order valence-electron chi connectivity index (χ4n) is 5.85. The summed E-state index contributed by atoms with van der Waals surface area (Å²) in [4.78, 5) is 43.3. The van der Waals surface area contributed by atoms with Crippen LogP contribution < -0.4 is 15.2 Å². The van der Waals surface area contributed by atoms with Gasteiger partial charge in [-0.3, -0.25) is 20.2 Å². The van der Waals surface area contributed by atoms with Gasteiger partial charge in [-0.2, -0.15) is 8.78 Å². The lowest BCUT2D eigenvalue weighted by Gasteiger charge is -2.10. The maximum absolute atomic E-state index is 13.9. The number of nitrogen functional groups attached to an aromatic ring is 1. The molecular weight excluding hydrogens is 936 g/mol. The van der Waals surface area contributed by atoms with Crippen molar-refractivity contribution in [3.05, 3.63) is 155 Å². The number of fused-ring (bicyclic) bond motifs is 2. The molecule has 0 saturated heterocycles. The van der Waals surface area contributed by atoms with Crippen LogP contribution in [0, 0.1) is 31.9 Å². The molecule has 60 heavy (non-hydrogen) atoms. The number of aromatic amines is 2. The topological polar surface area (TPSA) is 214 Å². The molecule has 0 atom stereocenters. The van der Waals surface area contributed by atoms with E-state index in [0.29, 0.717) is 21.6 Å². The molecule has 0 aliphatic rings. The number of hydrogen-bond acceptors (Lipinski definition) is 11. The Bertz CT molecular complexity index is 2860. The lowest BCUT2D eigenvalue weighted by atomic mass is 10.1. The molecule has 8 aromatic rings. The number of nitrogens with zero attached hydrogens (tertiary/aromatic N) is 6. The van der Waals surface area contributed by atoms with Crippen LogP contribution in [-0.2, 0) is 6.42 Å². The molecule has 4 N–H and O–H groups in total. The number of H-pyrrole nitrogens is 2. The van der Waals surface area contributed by atoms with E-state index < -0.39 is 32.9 Å². The van der Waals surface area contributed by atoms with Crippen LogP contribution in [0.25, 0.3) is 44.3 Å². The van der Waals surface area contributed by atoms with Gasteiger partial charge in [0.2, 0.25) is 16.9 Å². The monoisotopic (exact) mass is 965 g/mol. The minimum atomic E-state index is -0.962. The zero-order valence-corrected chi connectivity index (χ0v) is 34.5. The molecule has 8 rings (SSSR count). The predicted octanol–water partition coefficient (Wildman–Crippen LogP) is 11.0. The summed E-state index contributed by atoms with van der Waals surface area (Å²) in [7, 11) is 2.68. The van der Waals surface area contributed by atoms with Crippen molar-refractivity contribution in [3.63, 3.8) is 0 Å². The molecule has 20 heteroatoms. The Labute approximate surface area is 361 Å². The fraction of sp³-hybridized carbons (Fsp3) is 0.100. The molecule has 0 aliphatic heterocycles. The molecule has 0 unspecified atom stereocenters. The van der Waals surface area contributed by atoms with Gasteiger partial charge < -0.3 is 25.2 Å². The first kappa shape index (κ1) is 44.5. The molecule has 4 aromatic heterocycles. The number of nitro groups is 2. The first-order valence-corrected chi connectivity index (χ1v) is 18.9. The van der Waals surface area contributed by atoms with E-state index in [1.807, 2.05) is 60.9 Å². The summed E-state index contributed by atoms with van der Waals surface area (Å²) in [6.07, 6.45) is 7.22. The van der Waals surface area contributed by atoms with Crippen molar-refractivity contribution in [3.8, 4) is 34.0 Å². The van der Waals surface area contributed by atoms with Gasteiger partial charge in [0, 0.05) is 94.0 Å². The number of rotatable bonds is 8. The number of benzene rings is 4. The number of para-hydroxylation sites is 2. The first-order valence-electron chi connectivity index (χ1n) is 16.9. The summed E-state index contributed by atoms with van der Waals surface area (Å²) < 4.78 is 38.2. The van der Waals surface area contributed by atoms with E-state index in [-0.39, 0.29) is 36.3 Å². The minimum absolute atomic E-state index is 0. The number of ether oxygens (including phenoxy) is 2. The molecule has 0 radical (unpaired) electrons. The Balaban J connectivity index is 0.000000187. The number of nitrogens with two attached hydrogens (primary N) is 1. The van der Waals surface area contributed by atoms with Crippen LogP contribution in [0.2, 0.25) is 5.28 Å². The van der Waals surface area contributed by atoms with Crippen molar-refractivity contribution in [2.24, 2.45) is 0 Å². The molecule has 0 spiro atoms. The van der Waals surface area contributed by atoms with E-state index in [1.54, 1.807) is 12.4 Å². The molecule has 4 aromatic carbocycles. The second-order valence-corrected chi connectivity index (χ2v) is 14.2. The number of halogens is 5. The highest BCUT2D eigenvalue weighted by molar-refractivity contribution is 9.11. The number of methoxy groups -OCH3 is 2. The van der Waals surface area contributed by atoms with Gasteiger partial charge in [0.15, 0.2) is 0 Å². The molecule has 0 saturated carbocycles. The normalized spacial score (nSPS) is 10.5. The van der Waals surface area contributed by atoms with Gasteiger partial charge in [0.05, 0.1) is 50.1 Å². The van der Waals surface area contributed by atoms with Crippen molar-refractivity contribution >= 4 is 82.3 Å². The summed E-state index contributed by atoms with van der Waals surface area (Å²) in [5.74, 6) is -1.20. The molecule has 0 fully saturated rings. The summed E-state index contributed by atoms with van der Waals surface area (Å²) in [5.41, 5.74) is 9.97. The van der Waals surface area contributed by atoms with Crippen LogP contribution in [0.3, 0.4) is 0 Å². The van der Waals surface area contributed by atoms with Gasteiger partial charge in [-0.05, 0) is 55.6 Å². The molecule has 0 amide bonds. The van der Waals surface area contributed by atoms with Gasteiger partial charge in [0.25, 0.3) is 0 Å². The van der Waals surface area contributed by atoms with Gasteiger partial charge in [-0.25, -0.2) is 19.9 Å². The largest absolute Gasteiger partial charge is 0.496 e. The first-order chi connectivity index (χ1) is 28.3. The Morgan fingerprint density at radius 1 is 0.750 bits per heavy atom. The lowest BCUT2D eigenvalue weighted by Crippen LogP contribution is -2.03. The third-order valence-corrected chi connectivity index (χ3v) is 9.93. The van der Waals surface area contributed by atoms with Crippen LogP contribution in [0.4, 0.5) is 25.8 Å². The number of anilines is 1. The van der Waals surface area contributed by atoms with E-state index in [1.165, 1.54) is 14.2 Å². The number of aromatic nitrogens is 6. The Morgan fingerprint density at radius 2 is 1.23 bits per heavy atom.